The summed E-state index contributed by atoms with van der Waals surface area (Å²) in [5.74, 6) is 0.656. The van der Waals surface area contributed by atoms with Gasteiger partial charge in [-0.1, -0.05) is 42.1 Å². The van der Waals surface area contributed by atoms with Gasteiger partial charge in [-0.3, -0.25) is 4.79 Å². The molecular weight excluding hydrogens is 471 g/mol. The fourth-order valence-electron chi connectivity index (χ4n) is 2.12. The van der Waals surface area contributed by atoms with Crippen molar-refractivity contribution in [2.75, 3.05) is 27.2 Å². The molecule has 0 fully saturated rings. The summed E-state index contributed by atoms with van der Waals surface area (Å²) in [5, 5.41) is 6.21. The van der Waals surface area contributed by atoms with E-state index in [4.69, 9.17) is 0 Å². The molecule has 0 heterocycles. The predicted molar refractivity (Wildman–Crippen MR) is 124 cm³/mol. The molecule has 5 nitrogen and oxygen atoms in total. The van der Waals surface area contributed by atoms with Crippen molar-refractivity contribution in [3.8, 4) is 0 Å². The van der Waals surface area contributed by atoms with Crippen LogP contribution in [0, 0.1) is 0 Å². The van der Waals surface area contributed by atoms with E-state index in [1.54, 1.807) is 30.8 Å². The van der Waals surface area contributed by atoms with Crippen LogP contribution in [0.2, 0.25) is 0 Å². The summed E-state index contributed by atoms with van der Waals surface area (Å²) in [6, 6.07) is 18.7. The smallest absolute Gasteiger partial charge is 0.241 e. The summed E-state index contributed by atoms with van der Waals surface area (Å²) in [7, 11) is 3.48. The Morgan fingerprint density at radius 1 is 1.00 bits per heavy atom. The van der Waals surface area contributed by atoms with E-state index in [9.17, 15) is 4.79 Å². The van der Waals surface area contributed by atoms with Crippen LogP contribution in [-0.2, 0) is 11.3 Å². The van der Waals surface area contributed by atoms with Gasteiger partial charge in [0.25, 0.3) is 0 Å². The normalized spacial score (nSPS) is 10.7. The molecule has 7 heteroatoms. The Hall–Kier alpha value is -1.74. The molecule has 0 unspecified atom stereocenters. The van der Waals surface area contributed by atoms with Gasteiger partial charge in [0.2, 0.25) is 5.91 Å². The van der Waals surface area contributed by atoms with Crippen LogP contribution < -0.4 is 10.6 Å². The average Bonchev–Trinajstić information content (AvgIpc) is 2.65. The molecule has 0 aliphatic heterocycles. The minimum atomic E-state index is 0. The highest BCUT2D eigenvalue weighted by molar-refractivity contribution is 14.0. The van der Waals surface area contributed by atoms with Gasteiger partial charge in [0.15, 0.2) is 5.96 Å². The van der Waals surface area contributed by atoms with Gasteiger partial charge in [-0.05, 0) is 36.8 Å². The molecular formula is C20H27IN4OS. The van der Waals surface area contributed by atoms with Gasteiger partial charge in [0, 0.05) is 30.4 Å². The van der Waals surface area contributed by atoms with E-state index >= 15 is 0 Å². The van der Waals surface area contributed by atoms with Crippen LogP contribution in [0.5, 0.6) is 0 Å². The molecule has 0 radical (unpaired) electrons. The number of amides is 1. The lowest BCUT2D eigenvalue weighted by molar-refractivity contribution is -0.127. The maximum absolute atomic E-state index is 11.7. The first kappa shape index (κ1) is 23.3. The standard InChI is InChI=1S/C20H26N4OS.HI/c1-4-21-20(23-15-19(25)24(2)3)22-14-16-10-12-18(13-11-16)26-17-8-6-5-7-9-17;/h5-13H,4,14-15H2,1-3H3,(H2,21,22,23);1H. The lowest BCUT2D eigenvalue weighted by Crippen LogP contribution is -2.42. The molecule has 1 amide bonds. The van der Waals surface area contributed by atoms with E-state index in [0.717, 1.165) is 12.1 Å². The predicted octanol–water partition coefficient (Wildman–Crippen LogP) is 3.60. The number of halogens is 1. The number of nitrogens with zero attached hydrogens (tertiary/aromatic N) is 2. The summed E-state index contributed by atoms with van der Waals surface area (Å²) in [6.07, 6.45) is 0. The van der Waals surface area contributed by atoms with Crippen LogP contribution in [-0.4, -0.2) is 44.0 Å². The summed E-state index contributed by atoms with van der Waals surface area (Å²) >= 11 is 1.74. The van der Waals surface area contributed by atoms with Gasteiger partial charge < -0.3 is 15.5 Å². The van der Waals surface area contributed by atoms with Crippen molar-refractivity contribution in [2.24, 2.45) is 4.99 Å². The van der Waals surface area contributed by atoms with Gasteiger partial charge in [-0.15, -0.1) is 24.0 Å². The maximum Gasteiger partial charge on any atom is 0.241 e. The number of rotatable bonds is 7. The molecule has 0 aliphatic carbocycles. The number of benzene rings is 2. The number of hydrogen-bond donors (Lipinski definition) is 2. The monoisotopic (exact) mass is 498 g/mol. The van der Waals surface area contributed by atoms with Crippen molar-refractivity contribution in [3.05, 3.63) is 60.2 Å². The van der Waals surface area contributed by atoms with Crippen LogP contribution in [0.25, 0.3) is 0 Å². The molecule has 0 bridgehead atoms. The third-order valence-electron chi connectivity index (χ3n) is 3.57. The Labute approximate surface area is 183 Å². The van der Waals surface area contributed by atoms with Gasteiger partial charge in [-0.25, -0.2) is 4.99 Å². The number of aliphatic imine (C=N–C) groups is 1. The van der Waals surface area contributed by atoms with E-state index in [1.165, 1.54) is 9.79 Å². The Bertz CT molecular complexity index is 721. The summed E-state index contributed by atoms with van der Waals surface area (Å²) in [4.78, 5) is 20.2. The van der Waals surface area contributed by atoms with Crippen molar-refractivity contribution in [1.29, 1.82) is 0 Å². The molecule has 0 saturated heterocycles. The lowest BCUT2D eigenvalue weighted by Gasteiger charge is -2.14. The number of hydrogen-bond acceptors (Lipinski definition) is 3. The van der Waals surface area contributed by atoms with E-state index in [1.807, 2.05) is 25.1 Å². The Kier molecular flexibility index (Phi) is 10.9. The molecule has 2 aromatic carbocycles. The first-order valence-corrected chi connectivity index (χ1v) is 9.44. The Morgan fingerprint density at radius 2 is 1.63 bits per heavy atom. The topological polar surface area (TPSA) is 56.7 Å². The highest BCUT2D eigenvalue weighted by atomic mass is 127. The molecule has 0 aromatic heterocycles. The molecule has 0 atom stereocenters. The molecule has 2 N–H and O–H groups in total. The fraction of sp³-hybridized carbons (Fsp3) is 0.300. The highest BCUT2D eigenvalue weighted by Gasteiger charge is 2.05. The molecule has 146 valence electrons. The van der Waals surface area contributed by atoms with Crippen molar-refractivity contribution in [3.63, 3.8) is 0 Å². The minimum Gasteiger partial charge on any atom is -0.357 e. The summed E-state index contributed by atoms with van der Waals surface area (Å²) in [5.41, 5.74) is 1.12. The molecule has 2 rings (SSSR count). The zero-order valence-electron chi connectivity index (χ0n) is 15.9. The van der Waals surface area contributed by atoms with Gasteiger partial charge >= 0.3 is 0 Å². The third kappa shape index (κ3) is 8.66. The fourth-order valence-corrected chi connectivity index (χ4v) is 2.95. The second kappa shape index (κ2) is 12.6. The van der Waals surface area contributed by atoms with Crippen LogP contribution in [0.4, 0.5) is 0 Å². The van der Waals surface area contributed by atoms with Crippen LogP contribution in [0.1, 0.15) is 12.5 Å². The van der Waals surface area contributed by atoms with E-state index in [2.05, 4.69) is 52.0 Å². The lowest BCUT2D eigenvalue weighted by atomic mass is 10.2. The third-order valence-corrected chi connectivity index (χ3v) is 4.59. The van der Waals surface area contributed by atoms with Crippen LogP contribution in [0.15, 0.2) is 69.4 Å². The zero-order valence-corrected chi connectivity index (χ0v) is 19.1. The molecule has 0 aliphatic rings. The van der Waals surface area contributed by atoms with E-state index in [0.29, 0.717) is 12.5 Å². The van der Waals surface area contributed by atoms with Crippen molar-refractivity contribution in [2.45, 2.75) is 23.3 Å². The number of likely N-dealkylation sites (N-methyl/N-ethyl adjacent to an activating group) is 1. The zero-order chi connectivity index (χ0) is 18.8. The number of nitrogens with one attached hydrogen (secondary N) is 2. The highest BCUT2D eigenvalue weighted by Crippen LogP contribution is 2.27. The number of carbonyl (C=O) groups is 1. The summed E-state index contributed by atoms with van der Waals surface area (Å²) < 4.78 is 0. The average molecular weight is 498 g/mol. The number of guanidine groups is 1. The van der Waals surface area contributed by atoms with E-state index in [-0.39, 0.29) is 36.4 Å². The van der Waals surface area contributed by atoms with Crippen molar-refractivity contribution < 1.29 is 4.79 Å². The second-order valence-corrected chi connectivity index (χ2v) is 7.04. The van der Waals surface area contributed by atoms with Crippen LogP contribution in [0.3, 0.4) is 0 Å². The molecule has 27 heavy (non-hydrogen) atoms. The number of carbonyl (C=O) groups excluding carboxylic acids is 1. The van der Waals surface area contributed by atoms with Gasteiger partial charge in [0.1, 0.15) is 0 Å². The largest absolute Gasteiger partial charge is 0.357 e. The van der Waals surface area contributed by atoms with Gasteiger partial charge in [-0.2, -0.15) is 0 Å². The van der Waals surface area contributed by atoms with Crippen molar-refractivity contribution >= 4 is 47.6 Å². The molecule has 0 spiro atoms. The second-order valence-electron chi connectivity index (χ2n) is 5.90. The first-order valence-electron chi connectivity index (χ1n) is 8.62. The van der Waals surface area contributed by atoms with Crippen LogP contribution >= 0.6 is 35.7 Å². The first-order chi connectivity index (χ1) is 12.6. The van der Waals surface area contributed by atoms with E-state index < -0.39 is 0 Å². The van der Waals surface area contributed by atoms with Gasteiger partial charge in [0.05, 0.1) is 13.1 Å². The molecule has 0 saturated carbocycles. The van der Waals surface area contributed by atoms with Crippen molar-refractivity contribution in [1.82, 2.24) is 15.5 Å². The maximum atomic E-state index is 11.7. The SMILES string of the molecule is CCNC(=NCc1ccc(Sc2ccccc2)cc1)NCC(=O)N(C)C.I. The summed E-state index contributed by atoms with van der Waals surface area (Å²) in [6.45, 7) is 3.53. The Balaban J connectivity index is 0.00000364. The molecule has 2 aromatic rings. The minimum absolute atomic E-state index is 0. The Morgan fingerprint density at radius 3 is 2.22 bits per heavy atom. The quantitative estimate of drug-likeness (QED) is 0.348.